The molecule has 2 N–H and O–H groups in total. The first-order valence-corrected chi connectivity index (χ1v) is 7.53. The van der Waals surface area contributed by atoms with E-state index >= 15 is 0 Å². The summed E-state index contributed by atoms with van der Waals surface area (Å²) in [5.74, 6) is 0.104. The second kappa shape index (κ2) is 7.21. The van der Waals surface area contributed by atoms with Crippen molar-refractivity contribution in [1.82, 2.24) is 10.0 Å². The summed E-state index contributed by atoms with van der Waals surface area (Å²) < 4.78 is 31.3. The van der Waals surface area contributed by atoms with E-state index < -0.39 is 10.0 Å². The normalized spacial score (nSPS) is 22.2. The lowest BCUT2D eigenvalue weighted by molar-refractivity contribution is 0.0304. The van der Waals surface area contributed by atoms with Crippen molar-refractivity contribution in [2.45, 2.75) is 31.8 Å². The minimum absolute atomic E-state index is 0.104. The average Bonchev–Trinajstić information content (AvgIpc) is 2.25. The van der Waals surface area contributed by atoms with Crippen LogP contribution in [0.5, 0.6) is 0 Å². The van der Waals surface area contributed by atoms with Gasteiger partial charge in [0.15, 0.2) is 0 Å². The highest BCUT2D eigenvalue weighted by molar-refractivity contribution is 7.89. The SMILES string of the molecule is CNCCCNS(=O)(=O)CC1CCCCO1. The largest absolute Gasteiger partial charge is 0.377 e. The Hall–Kier alpha value is -0.170. The molecule has 96 valence electrons. The highest BCUT2D eigenvalue weighted by atomic mass is 32.2. The van der Waals surface area contributed by atoms with Crippen LogP contribution in [0, 0.1) is 0 Å². The van der Waals surface area contributed by atoms with E-state index in [2.05, 4.69) is 10.0 Å². The zero-order chi connectivity index (χ0) is 11.9. The Kier molecular flexibility index (Phi) is 6.26. The van der Waals surface area contributed by atoms with Crippen LogP contribution in [0.2, 0.25) is 0 Å². The number of rotatable bonds is 7. The molecule has 0 saturated carbocycles. The van der Waals surface area contributed by atoms with Gasteiger partial charge in [0.05, 0.1) is 11.9 Å². The first kappa shape index (κ1) is 13.9. The Labute approximate surface area is 98.0 Å². The van der Waals surface area contributed by atoms with Crippen molar-refractivity contribution in [2.24, 2.45) is 0 Å². The van der Waals surface area contributed by atoms with Crippen molar-refractivity contribution in [2.75, 3.05) is 32.5 Å². The Morgan fingerprint density at radius 1 is 1.31 bits per heavy atom. The summed E-state index contributed by atoms with van der Waals surface area (Å²) in [6.07, 6.45) is 3.67. The van der Waals surface area contributed by atoms with E-state index in [9.17, 15) is 8.42 Å². The molecule has 1 saturated heterocycles. The van der Waals surface area contributed by atoms with Crippen molar-refractivity contribution in [3.05, 3.63) is 0 Å². The van der Waals surface area contributed by atoms with Crippen LogP contribution < -0.4 is 10.0 Å². The third kappa shape index (κ3) is 5.79. The van der Waals surface area contributed by atoms with Crippen LogP contribution in [0.1, 0.15) is 25.7 Å². The molecule has 0 aliphatic carbocycles. The molecule has 1 heterocycles. The maximum absolute atomic E-state index is 11.7. The summed E-state index contributed by atoms with van der Waals surface area (Å²) in [5.41, 5.74) is 0. The standard InChI is InChI=1S/C10H22N2O3S/c1-11-6-4-7-12-16(13,14)9-10-5-2-3-8-15-10/h10-12H,2-9H2,1H3. The van der Waals surface area contributed by atoms with E-state index in [0.29, 0.717) is 13.2 Å². The predicted molar refractivity (Wildman–Crippen MR) is 63.9 cm³/mol. The summed E-state index contributed by atoms with van der Waals surface area (Å²) in [6.45, 7) is 2.01. The number of hydrogen-bond acceptors (Lipinski definition) is 4. The number of ether oxygens (including phenoxy) is 1. The Morgan fingerprint density at radius 2 is 2.12 bits per heavy atom. The van der Waals surface area contributed by atoms with Crippen LogP contribution >= 0.6 is 0 Å². The maximum atomic E-state index is 11.7. The summed E-state index contributed by atoms with van der Waals surface area (Å²) in [5, 5.41) is 2.98. The van der Waals surface area contributed by atoms with Crippen molar-refractivity contribution in [1.29, 1.82) is 0 Å². The molecule has 5 nitrogen and oxygen atoms in total. The van der Waals surface area contributed by atoms with Crippen LogP contribution in [-0.2, 0) is 14.8 Å². The maximum Gasteiger partial charge on any atom is 0.214 e. The molecule has 1 aliphatic heterocycles. The highest BCUT2D eigenvalue weighted by Crippen LogP contribution is 2.13. The monoisotopic (exact) mass is 250 g/mol. The molecule has 0 amide bonds. The van der Waals surface area contributed by atoms with Gasteiger partial charge in [-0.15, -0.1) is 0 Å². The van der Waals surface area contributed by atoms with E-state index in [-0.39, 0.29) is 11.9 Å². The van der Waals surface area contributed by atoms with Gasteiger partial charge >= 0.3 is 0 Å². The molecule has 1 atom stereocenters. The van der Waals surface area contributed by atoms with Gasteiger partial charge in [0.2, 0.25) is 10.0 Å². The topological polar surface area (TPSA) is 67.4 Å². The second-order valence-corrected chi connectivity index (χ2v) is 5.97. The third-order valence-electron chi connectivity index (χ3n) is 2.60. The number of nitrogens with one attached hydrogen (secondary N) is 2. The van der Waals surface area contributed by atoms with Gasteiger partial charge in [-0.05, 0) is 39.3 Å². The summed E-state index contributed by atoms with van der Waals surface area (Å²) in [7, 11) is -1.31. The molecular weight excluding hydrogens is 228 g/mol. The van der Waals surface area contributed by atoms with Crippen LogP contribution in [0.4, 0.5) is 0 Å². The highest BCUT2D eigenvalue weighted by Gasteiger charge is 2.21. The van der Waals surface area contributed by atoms with Crippen LogP contribution in [0.3, 0.4) is 0 Å². The smallest absolute Gasteiger partial charge is 0.214 e. The first-order valence-electron chi connectivity index (χ1n) is 5.87. The van der Waals surface area contributed by atoms with Crippen LogP contribution in [0.15, 0.2) is 0 Å². The summed E-state index contributed by atoms with van der Waals surface area (Å²) in [4.78, 5) is 0. The third-order valence-corrected chi connectivity index (χ3v) is 4.06. The van der Waals surface area contributed by atoms with Gasteiger partial charge < -0.3 is 10.1 Å². The van der Waals surface area contributed by atoms with Gasteiger partial charge in [-0.2, -0.15) is 0 Å². The second-order valence-electron chi connectivity index (χ2n) is 4.12. The molecule has 0 aromatic heterocycles. The van der Waals surface area contributed by atoms with Crippen molar-refractivity contribution in [3.63, 3.8) is 0 Å². The van der Waals surface area contributed by atoms with E-state index in [1.807, 2.05) is 7.05 Å². The Balaban J connectivity index is 2.22. The molecule has 16 heavy (non-hydrogen) atoms. The lowest BCUT2D eigenvalue weighted by Crippen LogP contribution is -2.36. The zero-order valence-corrected chi connectivity index (χ0v) is 10.7. The fraction of sp³-hybridized carbons (Fsp3) is 1.00. The van der Waals surface area contributed by atoms with Crippen molar-refractivity contribution >= 4 is 10.0 Å². The van der Waals surface area contributed by atoms with Crippen LogP contribution in [0.25, 0.3) is 0 Å². The molecule has 0 aromatic carbocycles. The number of sulfonamides is 1. The first-order chi connectivity index (χ1) is 7.64. The molecule has 1 aliphatic rings. The zero-order valence-electron chi connectivity index (χ0n) is 9.87. The average molecular weight is 250 g/mol. The fourth-order valence-electron chi connectivity index (χ4n) is 1.74. The van der Waals surface area contributed by atoms with Crippen LogP contribution in [-0.4, -0.2) is 47.0 Å². The molecule has 1 rings (SSSR count). The van der Waals surface area contributed by atoms with E-state index in [1.54, 1.807) is 0 Å². The van der Waals surface area contributed by atoms with Gasteiger partial charge in [0.1, 0.15) is 0 Å². The van der Waals surface area contributed by atoms with E-state index in [1.165, 1.54) is 0 Å². The Morgan fingerprint density at radius 3 is 2.75 bits per heavy atom. The fourth-order valence-corrected chi connectivity index (χ4v) is 3.06. The van der Waals surface area contributed by atoms with Gasteiger partial charge in [-0.1, -0.05) is 0 Å². The quantitative estimate of drug-likeness (QED) is 0.628. The van der Waals surface area contributed by atoms with Gasteiger partial charge in [-0.3, -0.25) is 0 Å². The van der Waals surface area contributed by atoms with E-state index in [4.69, 9.17) is 4.74 Å². The minimum Gasteiger partial charge on any atom is -0.377 e. The molecule has 6 heteroatoms. The Bertz CT molecular complexity index is 274. The molecule has 0 spiro atoms. The molecule has 1 unspecified atom stereocenters. The minimum atomic E-state index is -3.16. The lowest BCUT2D eigenvalue weighted by Gasteiger charge is -2.22. The van der Waals surface area contributed by atoms with Gasteiger partial charge in [-0.25, -0.2) is 13.1 Å². The van der Waals surface area contributed by atoms with Crippen molar-refractivity contribution in [3.8, 4) is 0 Å². The molecular formula is C10H22N2O3S. The number of hydrogen-bond donors (Lipinski definition) is 2. The molecule has 0 radical (unpaired) electrons. The van der Waals surface area contributed by atoms with Gasteiger partial charge in [0, 0.05) is 13.2 Å². The summed E-state index contributed by atoms with van der Waals surface area (Å²) >= 11 is 0. The summed E-state index contributed by atoms with van der Waals surface area (Å²) in [6, 6.07) is 0. The molecule has 0 bridgehead atoms. The molecule has 1 fully saturated rings. The lowest BCUT2D eigenvalue weighted by atomic mass is 10.1. The molecule has 0 aromatic rings. The van der Waals surface area contributed by atoms with Crippen molar-refractivity contribution < 1.29 is 13.2 Å². The predicted octanol–water partition coefficient (Wildman–Crippen LogP) is 0.0844. The van der Waals surface area contributed by atoms with E-state index in [0.717, 1.165) is 32.2 Å². The van der Waals surface area contributed by atoms with Gasteiger partial charge in [0.25, 0.3) is 0 Å².